The molecule has 18 heavy (non-hydrogen) atoms. The summed E-state index contributed by atoms with van der Waals surface area (Å²) >= 11 is 0. The fraction of sp³-hybridized carbons (Fsp3) is 0.600. The molecule has 1 fully saturated rings. The molecule has 1 aromatic carbocycles. The Morgan fingerprint density at radius 1 is 1.39 bits per heavy atom. The molecule has 2 N–H and O–H groups in total. The Bertz CT molecular complexity index is 369. The van der Waals surface area contributed by atoms with Crippen molar-refractivity contribution in [2.45, 2.75) is 44.8 Å². The molecule has 0 radical (unpaired) electrons. The van der Waals surface area contributed by atoms with Crippen LogP contribution in [0.1, 0.15) is 44.7 Å². The third-order valence-electron chi connectivity index (χ3n) is 3.62. The molecule has 100 valence electrons. The highest BCUT2D eigenvalue weighted by Gasteiger charge is 2.36. The number of rotatable bonds is 5. The second-order valence-electron chi connectivity index (χ2n) is 5.16. The van der Waals surface area contributed by atoms with Crippen molar-refractivity contribution in [2.24, 2.45) is 5.73 Å². The molecule has 1 heterocycles. The lowest BCUT2D eigenvalue weighted by Gasteiger charge is -2.30. The summed E-state index contributed by atoms with van der Waals surface area (Å²) in [7, 11) is 0. The lowest BCUT2D eigenvalue weighted by atomic mass is 9.88. The quantitative estimate of drug-likeness (QED) is 0.872. The van der Waals surface area contributed by atoms with Gasteiger partial charge in [-0.05, 0) is 43.9 Å². The summed E-state index contributed by atoms with van der Waals surface area (Å²) in [5.74, 6) is 0.908. The minimum absolute atomic E-state index is 0.0692. The molecular weight excluding hydrogens is 226 g/mol. The molecular formula is C15H23NO2. The van der Waals surface area contributed by atoms with Gasteiger partial charge in [-0.2, -0.15) is 0 Å². The van der Waals surface area contributed by atoms with Gasteiger partial charge in [-0.15, -0.1) is 0 Å². The number of ether oxygens (including phenoxy) is 2. The number of hydrogen-bond acceptors (Lipinski definition) is 3. The van der Waals surface area contributed by atoms with E-state index in [2.05, 4.69) is 13.8 Å². The predicted octanol–water partition coefficient (Wildman–Crippen LogP) is 3.04. The maximum atomic E-state index is 6.32. The van der Waals surface area contributed by atoms with Crippen molar-refractivity contribution in [3.05, 3.63) is 29.8 Å². The van der Waals surface area contributed by atoms with Crippen LogP contribution in [0.2, 0.25) is 0 Å². The molecule has 2 atom stereocenters. The summed E-state index contributed by atoms with van der Waals surface area (Å²) in [6, 6.07) is 8.00. The van der Waals surface area contributed by atoms with Gasteiger partial charge in [0.05, 0.1) is 18.2 Å². The van der Waals surface area contributed by atoms with Crippen LogP contribution in [-0.2, 0) is 4.74 Å². The van der Waals surface area contributed by atoms with Gasteiger partial charge in [0, 0.05) is 6.61 Å². The average Bonchev–Trinajstić information content (AvgIpc) is 2.84. The van der Waals surface area contributed by atoms with Crippen LogP contribution in [0.3, 0.4) is 0 Å². The van der Waals surface area contributed by atoms with Crippen LogP contribution < -0.4 is 10.5 Å². The summed E-state index contributed by atoms with van der Waals surface area (Å²) in [4.78, 5) is 0. The first-order chi connectivity index (χ1) is 8.65. The predicted molar refractivity (Wildman–Crippen MR) is 72.7 cm³/mol. The van der Waals surface area contributed by atoms with Gasteiger partial charge in [-0.3, -0.25) is 0 Å². The van der Waals surface area contributed by atoms with Gasteiger partial charge >= 0.3 is 0 Å². The molecule has 2 unspecified atom stereocenters. The van der Waals surface area contributed by atoms with E-state index in [-0.39, 0.29) is 11.6 Å². The lowest BCUT2D eigenvalue weighted by molar-refractivity contribution is -0.00174. The standard InChI is InChI=1S/C15H23NO2/c1-3-10-17-13-7-5-12(6-8-13)14(16)15(2)9-4-11-18-15/h5-8,14H,3-4,9-11,16H2,1-2H3. The number of benzene rings is 1. The van der Waals surface area contributed by atoms with E-state index in [1.54, 1.807) is 0 Å². The first-order valence-corrected chi connectivity index (χ1v) is 6.78. The summed E-state index contributed by atoms with van der Waals surface area (Å²) < 4.78 is 11.4. The van der Waals surface area contributed by atoms with E-state index in [1.165, 1.54) is 0 Å². The smallest absolute Gasteiger partial charge is 0.119 e. The zero-order chi connectivity index (χ0) is 13.0. The normalized spacial score (nSPS) is 25.1. The molecule has 0 amide bonds. The average molecular weight is 249 g/mol. The summed E-state index contributed by atoms with van der Waals surface area (Å²) in [5.41, 5.74) is 7.22. The van der Waals surface area contributed by atoms with Gasteiger partial charge in [0.1, 0.15) is 5.75 Å². The molecule has 3 nitrogen and oxygen atoms in total. The van der Waals surface area contributed by atoms with E-state index in [0.29, 0.717) is 0 Å². The SMILES string of the molecule is CCCOc1ccc(C(N)C2(C)CCCO2)cc1. The molecule has 2 rings (SSSR count). The second-order valence-corrected chi connectivity index (χ2v) is 5.16. The Balaban J connectivity index is 2.04. The first kappa shape index (κ1) is 13.4. The lowest BCUT2D eigenvalue weighted by Crippen LogP contribution is -2.37. The molecule has 0 bridgehead atoms. The van der Waals surface area contributed by atoms with Crippen molar-refractivity contribution in [1.82, 2.24) is 0 Å². The van der Waals surface area contributed by atoms with E-state index in [9.17, 15) is 0 Å². The Morgan fingerprint density at radius 3 is 2.67 bits per heavy atom. The third kappa shape index (κ3) is 2.85. The van der Waals surface area contributed by atoms with Gasteiger partial charge in [0.2, 0.25) is 0 Å². The molecule has 1 aromatic rings. The van der Waals surface area contributed by atoms with Gasteiger partial charge in [-0.25, -0.2) is 0 Å². The van der Waals surface area contributed by atoms with Gasteiger partial charge < -0.3 is 15.2 Å². The molecule has 0 aromatic heterocycles. The number of hydrogen-bond donors (Lipinski definition) is 1. The fourth-order valence-corrected chi connectivity index (χ4v) is 2.39. The highest BCUT2D eigenvalue weighted by Crippen LogP contribution is 2.36. The van der Waals surface area contributed by atoms with Crippen LogP contribution in [-0.4, -0.2) is 18.8 Å². The minimum atomic E-state index is -0.216. The number of nitrogens with two attached hydrogens (primary N) is 1. The Morgan fingerprint density at radius 2 is 2.11 bits per heavy atom. The van der Waals surface area contributed by atoms with Crippen molar-refractivity contribution in [3.8, 4) is 5.75 Å². The molecule has 0 aliphatic carbocycles. The molecule has 1 aliphatic heterocycles. The highest BCUT2D eigenvalue weighted by molar-refractivity contribution is 5.30. The molecule has 1 saturated heterocycles. The topological polar surface area (TPSA) is 44.5 Å². The summed E-state index contributed by atoms with van der Waals surface area (Å²) in [5, 5.41) is 0. The van der Waals surface area contributed by atoms with E-state index >= 15 is 0 Å². The fourth-order valence-electron chi connectivity index (χ4n) is 2.39. The van der Waals surface area contributed by atoms with Crippen molar-refractivity contribution < 1.29 is 9.47 Å². The molecule has 3 heteroatoms. The Labute approximate surface area is 109 Å². The van der Waals surface area contributed by atoms with E-state index in [1.807, 2.05) is 24.3 Å². The zero-order valence-corrected chi connectivity index (χ0v) is 11.3. The van der Waals surface area contributed by atoms with Crippen LogP contribution in [0, 0.1) is 0 Å². The Hall–Kier alpha value is -1.06. The maximum absolute atomic E-state index is 6.32. The van der Waals surface area contributed by atoms with Crippen LogP contribution in [0.15, 0.2) is 24.3 Å². The van der Waals surface area contributed by atoms with E-state index < -0.39 is 0 Å². The highest BCUT2D eigenvalue weighted by atomic mass is 16.5. The third-order valence-corrected chi connectivity index (χ3v) is 3.62. The zero-order valence-electron chi connectivity index (χ0n) is 11.3. The van der Waals surface area contributed by atoms with Crippen LogP contribution in [0.25, 0.3) is 0 Å². The summed E-state index contributed by atoms with van der Waals surface area (Å²) in [6.45, 7) is 5.78. The largest absolute Gasteiger partial charge is 0.494 e. The maximum Gasteiger partial charge on any atom is 0.119 e. The monoisotopic (exact) mass is 249 g/mol. The van der Waals surface area contributed by atoms with Gasteiger partial charge in [0.25, 0.3) is 0 Å². The molecule has 1 aliphatic rings. The minimum Gasteiger partial charge on any atom is -0.494 e. The van der Waals surface area contributed by atoms with Crippen molar-refractivity contribution in [3.63, 3.8) is 0 Å². The van der Waals surface area contributed by atoms with E-state index in [0.717, 1.165) is 43.8 Å². The van der Waals surface area contributed by atoms with Crippen LogP contribution in [0.4, 0.5) is 0 Å². The van der Waals surface area contributed by atoms with Crippen LogP contribution in [0.5, 0.6) is 5.75 Å². The van der Waals surface area contributed by atoms with Crippen LogP contribution >= 0.6 is 0 Å². The van der Waals surface area contributed by atoms with Crippen molar-refractivity contribution in [2.75, 3.05) is 13.2 Å². The second kappa shape index (κ2) is 5.72. The van der Waals surface area contributed by atoms with Crippen molar-refractivity contribution >= 4 is 0 Å². The summed E-state index contributed by atoms with van der Waals surface area (Å²) in [6.07, 6.45) is 3.15. The Kier molecular flexibility index (Phi) is 4.25. The van der Waals surface area contributed by atoms with Crippen molar-refractivity contribution in [1.29, 1.82) is 0 Å². The van der Waals surface area contributed by atoms with Gasteiger partial charge in [-0.1, -0.05) is 19.1 Å². The first-order valence-electron chi connectivity index (χ1n) is 6.78. The van der Waals surface area contributed by atoms with Gasteiger partial charge in [0.15, 0.2) is 0 Å². The molecule has 0 spiro atoms. The molecule has 0 saturated carbocycles. The van der Waals surface area contributed by atoms with E-state index in [4.69, 9.17) is 15.2 Å².